The zero-order valence-electron chi connectivity index (χ0n) is 15.3. The van der Waals surface area contributed by atoms with Crippen molar-refractivity contribution in [3.8, 4) is 0 Å². The molecule has 0 saturated carbocycles. The van der Waals surface area contributed by atoms with E-state index in [2.05, 4.69) is 10.5 Å². The minimum absolute atomic E-state index is 0.125. The van der Waals surface area contributed by atoms with Crippen molar-refractivity contribution in [3.63, 3.8) is 0 Å². The monoisotopic (exact) mass is 423 g/mol. The van der Waals surface area contributed by atoms with E-state index in [1.165, 1.54) is 27.8 Å². The molecule has 0 bridgehead atoms. The number of nitrogens with zero attached hydrogens (tertiary/aromatic N) is 2. The van der Waals surface area contributed by atoms with Gasteiger partial charge in [-0.3, -0.25) is 4.79 Å². The van der Waals surface area contributed by atoms with Crippen LogP contribution in [0.5, 0.6) is 0 Å². The maximum Gasteiger partial charge on any atom is 0.265 e. The maximum absolute atomic E-state index is 12.7. The summed E-state index contributed by atoms with van der Waals surface area (Å²) in [6, 6.07) is 9.96. The summed E-state index contributed by atoms with van der Waals surface area (Å²) in [7, 11) is -3.62. The van der Waals surface area contributed by atoms with Gasteiger partial charge in [-0.1, -0.05) is 17.3 Å². The molecule has 2 heterocycles. The predicted octanol–water partition coefficient (Wildman–Crippen LogP) is 2.15. The molecule has 1 aliphatic rings. The number of ether oxygens (including phenoxy) is 1. The molecule has 0 atom stereocenters. The van der Waals surface area contributed by atoms with E-state index in [0.717, 1.165) is 4.88 Å². The van der Waals surface area contributed by atoms with Crippen LogP contribution in [0, 0.1) is 0 Å². The number of rotatable bonds is 7. The van der Waals surface area contributed by atoms with E-state index >= 15 is 0 Å². The van der Waals surface area contributed by atoms with Crippen LogP contribution in [-0.4, -0.2) is 57.3 Å². The number of hydrogen-bond acceptors (Lipinski definition) is 7. The number of carbonyl (C=O) groups excluding carboxylic acids is 1. The average Bonchev–Trinajstić information content (AvgIpc) is 3.24. The first kappa shape index (κ1) is 20.5. The van der Waals surface area contributed by atoms with Gasteiger partial charge in [-0.15, -0.1) is 11.3 Å². The van der Waals surface area contributed by atoms with Crippen LogP contribution < -0.4 is 5.32 Å². The molecule has 0 aliphatic carbocycles. The number of carbonyl (C=O) groups is 1. The SMILES string of the molecule is C/C(=N/OCC(=O)Nc1cccc(S(=O)(=O)N2CCOCC2)c1)c1cccs1. The van der Waals surface area contributed by atoms with Gasteiger partial charge in [-0.25, -0.2) is 8.42 Å². The summed E-state index contributed by atoms with van der Waals surface area (Å²) in [4.78, 5) is 18.2. The molecule has 1 saturated heterocycles. The average molecular weight is 424 g/mol. The summed E-state index contributed by atoms with van der Waals surface area (Å²) in [5.74, 6) is -0.427. The molecule has 1 amide bonds. The molecule has 0 unspecified atom stereocenters. The first-order valence-corrected chi connectivity index (χ1v) is 11.0. The van der Waals surface area contributed by atoms with Gasteiger partial charge >= 0.3 is 0 Å². The Morgan fingerprint density at radius 3 is 2.79 bits per heavy atom. The Labute approximate surface area is 167 Å². The van der Waals surface area contributed by atoms with Crippen LogP contribution >= 0.6 is 11.3 Å². The van der Waals surface area contributed by atoms with Crippen LogP contribution in [0.2, 0.25) is 0 Å². The number of nitrogens with one attached hydrogen (secondary N) is 1. The zero-order valence-corrected chi connectivity index (χ0v) is 17.0. The molecule has 0 spiro atoms. The van der Waals surface area contributed by atoms with Crippen molar-refractivity contribution < 1.29 is 22.8 Å². The van der Waals surface area contributed by atoms with Crippen LogP contribution in [0.3, 0.4) is 0 Å². The maximum atomic E-state index is 12.7. The topological polar surface area (TPSA) is 97.3 Å². The highest BCUT2D eigenvalue weighted by molar-refractivity contribution is 7.89. The smallest absolute Gasteiger partial charge is 0.265 e. The van der Waals surface area contributed by atoms with Crippen molar-refractivity contribution in [3.05, 3.63) is 46.7 Å². The Morgan fingerprint density at radius 2 is 2.07 bits per heavy atom. The van der Waals surface area contributed by atoms with Gasteiger partial charge in [0.2, 0.25) is 10.0 Å². The van der Waals surface area contributed by atoms with Gasteiger partial charge in [-0.05, 0) is 36.6 Å². The van der Waals surface area contributed by atoms with E-state index in [4.69, 9.17) is 9.57 Å². The molecule has 2 aromatic rings. The molecule has 10 heteroatoms. The van der Waals surface area contributed by atoms with E-state index < -0.39 is 15.9 Å². The third-order valence-electron chi connectivity index (χ3n) is 4.00. The summed E-state index contributed by atoms with van der Waals surface area (Å²) in [6.45, 7) is 2.90. The molecule has 28 heavy (non-hydrogen) atoms. The zero-order chi connectivity index (χ0) is 20.0. The van der Waals surface area contributed by atoms with Crippen LogP contribution in [0.15, 0.2) is 51.8 Å². The lowest BCUT2D eigenvalue weighted by atomic mass is 10.3. The fourth-order valence-corrected chi connectivity index (χ4v) is 4.71. The van der Waals surface area contributed by atoms with E-state index in [9.17, 15) is 13.2 Å². The van der Waals surface area contributed by atoms with Crippen LogP contribution in [-0.2, 0) is 24.4 Å². The Hall–Kier alpha value is -2.27. The summed E-state index contributed by atoms with van der Waals surface area (Å²) < 4.78 is 32.0. The molecule has 1 N–H and O–H groups in total. The van der Waals surface area contributed by atoms with Crippen LogP contribution in [0.1, 0.15) is 11.8 Å². The first-order valence-electron chi connectivity index (χ1n) is 8.65. The van der Waals surface area contributed by atoms with E-state index in [0.29, 0.717) is 37.7 Å². The lowest BCUT2D eigenvalue weighted by molar-refractivity contribution is -0.120. The summed E-state index contributed by atoms with van der Waals surface area (Å²) >= 11 is 1.53. The highest BCUT2D eigenvalue weighted by Gasteiger charge is 2.26. The van der Waals surface area contributed by atoms with Gasteiger partial charge in [0.05, 0.1) is 28.7 Å². The second-order valence-corrected chi connectivity index (χ2v) is 8.91. The second kappa shape index (κ2) is 9.28. The van der Waals surface area contributed by atoms with E-state index in [-0.39, 0.29) is 11.5 Å². The van der Waals surface area contributed by atoms with Gasteiger partial charge in [-0.2, -0.15) is 4.31 Å². The number of anilines is 1. The Bertz CT molecular complexity index is 936. The number of sulfonamides is 1. The molecular formula is C18H21N3O5S2. The Morgan fingerprint density at radius 1 is 1.29 bits per heavy atom. The second-order valence-electron chi connectivity index (χ2n) is 6.02. The molecule has 8 nitrogen and oxygen atoms in total. The fraction of sp³-hybridized carbons (Fsp3) is 0.333. The largest absolute Gasteiger partial charge is 0.385 e. The molecule has 150 valence electrons. The third kappa shape index (κ3) is 5.16. The highest BCUT2D eigenvalue weighted by Crippen LogP contribution is 2.20. The molecule has 1 aromatic heterocycles. The first-order chi connectivity index (χ1) is 13.5. The molecular weight excluding hydrogens is 402 g/mol. The molecule has 0 radical (unpaired) electrons. The van der Waals surface area contributed by atoms with Crippen molar-refractivity contribution in [1.29, 1.82) is 0 Å². The third-order valence-corrected chi connectivity index (χ3v) is 6.87. The number of thiophene rings is 1. The summed E-state index contributed by atoms with van der Waals surface area (Å²) in [5.41, 5.74) is 1.06. The van der Waals surface area contributed by atoms with Crippen molar-refractivity contribution in [2.24, 2.45) is 5.16 Å². The molecule has 3 rings (SSSR count). The molecule has 1 fully saturated rings. The number of oxime groups is 1. The lowest BCUT2D eigenvalue weighted by Crippen LogP contribution is -2.40. The van der Waals surface area contributed by atoms with Crippen molar-refractivity contribution >= 4 is 38.7 Å². The van der Waals surface area contributed by atoms with Gasteiger partial charge in [0.25, 0.3) is 5.91 Å². The Kier molecular flexibility index (Phi) is 6.79. The normalized spacial score (nSPS) is 16.0. The van der Waals surface area contributed by atoms with Crippen molar-refractivity contribution in [2.75, 3.05) is 38.2 Å². The van der Waals surface area contributed by atoms with Crippen molar-refractivity contribution in [1.82, 2.24) is 4.31 Å². The van der Waals surface area contributed by atoms with Crippen LogP contribution in [0.25, 0.3) is 0 Å². The van der Waals surface area contributed by atoms with Crippen LogP contribution in [0.4, 0.5) is 5.69 Å². The minimum Gasteiger partial charge on any atom is -0.385 e. The summed E-state index contributed by atoms with van der Waals surface area (Å²) in [5, 5.41) is 8.48. The number of benzene rings is 1. The predicted molar refractivity (Wildman–Crippen MR) is 107 cm³/mol. The molecule has 1 aromatic carbocycles. The standard InChI is InChI=1S/C18H21N3O5S2/c1-14(17-6-3-11-27-17)20-26-13-18(22)19-15-4-2-5-16(12-15)28(23,24)21-7-9-25-10-8-21/h2-6,11-12H,7-10,13H2,1H3,(H,19,22)/b20-14-. The van der Waals surface area contributed by atoms with Gasteiger partial charge in [0.15, 0.2) is 6.61 Å². The van der Waals surface area contributed by atoms with E-state index in [1.54, 1.807) is 19.1 Å². The van der Waals surface area contributed by atoms with E-state index in [1.807, 2.05) is 17.5 Å². The van der Waals surface area contributed by atoms with Crippen molar-refractivity contribution in [2.45, 2.75) is 11.8 Å². The fourth-order valence-electron chi connectivity index (χ4n) is 2.58. The summed E-state index contributed by atoms with van der Waals surface area (Å²) in [6.07, 6.45) is 0. The minimum atomic E-state index is -3.62. The highest BCUT2D eigenvalue weighted by atomic mass is 32.2. The van der Waals surface area contributed by atoms with Gasteiger partial charge in [0.1, 0.15) is 0 Å². The number of hydrogen-bond donors (Lipinski definition) is 1. The quantitative estimate of drug-likeness (QED) is 0.544. The van der Waals surface area contributed by atoms with Gasteiger partial charge < -0.3 is 14.9 Å². The molecule has 1 aliphatic heterocycles. The lowest BCUT2D eigenvalue weighted by Gasteiger charge is -2.26. The number of morpholine rings is 1. The number of amides is 1. The Balaban J connectivity index is 1.59. The van der Waals surface area contributed by atoms with Gasteiger partial charge in [0, 0.05) is 18.8 Å².